The maximum atomic E-state index is 9.11. The summed E-state index contributed by atoms with van der Waals surface area (Å²) in [7, 11) is 0. The van der Waals surface area contributed by atoms with Crippen molar-refractivity contribution in [2.75, 3.05) is 46.0 Å². The number of hydrogen-bond donors (Lipinski definition) is 1. The second-order valence-electron chi connectivity index (χ2n) is 10.3. The van der Waals surface area contributed by atoms with Crippen LogP contribution < -0.4 is 10.6 Å². The minimum Gasteiger partial charge on any atom is -0.394 e. The molecule has 3 heterocycles. The molecule has 1 aliphatic heterocycles. The maximum Gasteiger partial charge on any atom is 0.0938 e. The second kappa shape index (κ2) is 12.4. The molecule has 5 nitrogen and oxygen atoms in total. The number of aliphatic hydroxyl groups excluding tert-OH is 1. The number of aromatic nitrogens is 1. The van der Waals surface area contributed by atoms with Gasteiger partial charge in [-0.3, -0.25) is 9.88 Å². The lowest BCUT2D eigenvalue weighted by molar-refractivity contribution is 0.0409. The standard InChI is InChI=1S/C31H39N3O2S/c1-23(2)29-21-27-28(37-29)13-11-25-9-6-14-32-30(25)31(27)34-16-15-33(17-19-36-20-18-35)26(22-34)12-10-24-7-4-3-5-8-24/h3-9,11,14,21,23,26,35H,10,12-13,15-20,22H2,1-2H3. The van der Waals surface area contributed by atoms with Crippen LogP contribution in [0.2, 0.25) is 0 Å². The van der Waals surface area contributed by atoms with Gasteiger partial charge < -0.3 is 14.7 Å². The third kappa shape index (κ3) is 6.15. The van der Waals surface area contributed by atoms with Gasteiger partial charge in [-0.15, -0.1) is 11.3 Å². The Kier molecular flexibility index (Phi) is 8.72. The highest BCUT2D eigenvalue weighted by molar-refractivity contribution is 7.12. The molecule has 0 amide bonds. The highest BCUT2D eigenvalue weighted by Gasteiger charge is 2.30. The number of hydrogen-bond acceptors (Lipinski definition) is 6. The molecule has 1 aliphatic carbocycles. The van der Waals surface area contributed by atoms with E-state index in [-0.39, 0.29) is 6.61 Å². The summed E-state index contributed by atoms with van der Waals surface area (Å²) in [6.45, 7) is 9.56. The van der Waals surface area contributed by atoms with Crippen molar-refractivity contribution in [3.8, 4) is 0 Å². The van der Waals surface area contributed by atoms with E-state index in [4.69, 9.17) is 14.8 Å². The summed E-state index contributed by atoms with van der Waals surface area (Å²) < 4.78 is 5.65. The number of ether oxygens (including phenoxy) is 1. The number of thiophene rings is 1. The Bertz CT molecular complexity index is 1290. The van der Waals surface area contributed by atoms with Crippen LogP contribution in [0.4, 0.5) is 0 Å². The molecule has 1 fully saturated rings. The van der Waals surface area contributed by atoms with E-state index in [9.17, 15) is 0 Å². The average Bonchev–Trinajstić information content (AvgIpc) is 3.28. The summed E-state index contributed by atoms with van der Waals surface area (Å²) in [6.07, 6.45) is 7.43. The fourth-order valence-electron chi connectivity index (χ4n) is 5.51. The largest absolute Gasteiger partial charge is 0.394 e. The number of rotatable bonds is 10. The van der Waals surface area contributed by atoms with Gasteiger partial charge in [0.15, 0.2) is 0 Å². The zero-order chi connectivity index (χ0) is 25.6. The fraction of sp³-hybridized carbons (Fsp3) is 0.452. The van der Waals surface area contributed by atoms with E-state index in [1.54, 1.807) is 0 Å². The monoisotopic (exact) mass is 517 g/mol. The topological polar surface area (TPSA) is 48.8 Å². The minimum atomic E-state index is 0.0777. The molecule has 1 N–H and O–H groups in total. The quantitative estimate of drug-likeness (QED) is 0.418. The van der Waals surface area contributed by atoms with Gasteiger partial charge in [0.25, 0.3) is 0 Å². The average molecular weight is 518 g/mol. The Morgan fingerprint density at radius 1 is 1.11 bits per heavy atom. The van der Waals surface area contributed by atoms with Crippen molar-refractivity contribution >= 4 is 23.1 Å². The SMILES string of the molecule is CC(C)c1cc2c(s1)CC=c1cccnc1=C2N1CCN(CCOCCO)C(CCc2ccccc2)C1. The third-order valence-corrected chi connectivity index (χ3v) is 8.97. The Balaban J connectivity index is 1.46. The summed E-state index contributed by atoms with van der Waals surface area (Å²) in [5, 5.41) is 11.5. The lowest BCUT2D eigenvalue weighted by Crippen LogP contribution is -2.54. The van der Waals surface area contributed by atoms with E-state index >= 15 is 0 Å². The van der Waals surface area contributed by atoms with Gasteiger partial charge in [-0.1, -0.05) is 56.3 Å². The maximum absolute atomic E-state index is 9.11. The molecule has 1 saturated heterocycles. The van der Waals surface area contributed by atoms with Gasteiger partial charge in [0.2, 0.25) is 0 Å². The zero-order valence-corrected chi connectivity index (χ0v) is 22.9. The Hall–Kier alpha value is -2.51. The molecule has 3 aromatic rings. The number of piperazine rings is 1. The van der Waals surface area contributed by atoms with Crippen molar-refractivity contribution in [1.29, 1.82) is 0 Å². The van der Waals surface area contributed by atoms with Crippen molar-refractivity contribution < 1.29 is 9.84 Å². The van der Waals surface area contributed by atoms with Crippen LogP contribution in [0.3, 0.4) is 0 Å². The van der Waals surface area contributed by atoms with Gasteiger partial charge in [0.05, 0.1) is 30.9 Å². The minimum absolute atomic E-state index is 0.0777. The van der Waals surface area contributed by atoms with Gasteiger partial charge >= 0.3 is 0 Å². The molecule has 2 aromatic heterocycles. The molecule has 0 saturated carbocycles. The van der Waals surface area contributed by atoms with Crippen LogP contribution in [0.25, 0.3) is 11.8 Å². The lowest BCUT2D eigenvalue weighted by atomic mass is 10.00. The highest BCUT2D eigenvalue weighted by Crippen LogP contribution is 2.35. The van der Waals surface area contributed by atoms with Gasteiger partial charge in [0, 0.05) is 60.2 Å². The number of benzene rings is 1. The van der Waals surface area contributed by atoms with E-state index in [1.165, 1.54) is 31.8 Å². The zero-order valence-electron chi connectivity index (χ0n) is 22.1. The Labute approximate surface area is 224 Å². The summed E-state index contributed by atoms with van der Waals surface area (Å²) in [5.74, 6) is 0.524. The van der Waals surface area contributed by atoms with E-state index in [2.05, 4.69) is 78.3 Å². The van der Waals surface area contributed by atoms with Crippen LogP contribution in [0.15, 0.2) is 54.7 Å². The van der Waals surface area contributed by atoms with Crippen LogP contribution in [-0.2, 0) is 17.6 Å². The molecular formula is C31H39N3O2S. The molecule has 2 aliphatic rings. The molecule has 1 aromatic carbocycles. The molecule has 37 heavy (non-hydrogen) atoms. The van der Waals surface area contributed by atoms with E-state index < -0.39 is 0 Å². The van der Waals surface area contributed by atoms with Crippen LogP contribution in [0.1, 0.15) is 47.1 Å². The van der Waals surface area contributed by atoms with Gasteiger partial charge in [-0.2, -0.15) is 0 Å². The molecule has 0 radical (unpaired) electrons. The van der Waals surface area contributed by atoms with Crippen molar-refractivity contribution in [2.45, 2.75) is 45.1 Å². The molecule has 1 atom stereocenters. The molecule has 0 spiro atoms. The van der Waals surface area contributed by atoms with Crippen LogP contribution in [0.5, 0.6) is 0 Å². The van der Waals surface area contributed by atoms with Gasteiger partial charge in [0.1, 0.15) is 0 Å². The number of pyridine rings is 1. The number of aliphatic hydroxyl groups is 1. The molecule has 5 rings (SSSR count). The van der Waals surface area contributed by atoms with Gasteiger partial charge in [-0.25, -0.2) is 0 Å². The second-order valence-corrected chi connectivity index (χ2v) is 11.5. The van der Waals surface area contributed by atoms with Crippen molar-refractivity contribution in [1.82, 2.24) is 14.8 Å². The predicted molar refractivity (Wildman–Crippen MR) is 152 cm³/mol. The fourth-order valence-corrected chi connectivity index (χ4v) is 6.64. The third-order valence-electron chi connectivity index (χ3n) is 7.51. The van der Waals surface area contributed by atoms with E-state index in [1.807, 2.05) is 17.5 Å². The Morgan fingerprint density at radius 3 is 2.78 bits per heavy atom. The molecule has 6 heteroatoms. The molecule has 0 bridgehead atoms. The van der Waals surface area contributed by atoms with Crippen LogP contribution >= 0.6 is 11.3 Å². The number of nitrogens with zero attached hydrogens (tertiary/aromatic N) is 3. The van der Waals surface area contributed by atoms with Crippen molar-refractivity contribution in [2.24, 2.45) is 0 Å². The van der Waals surface area contributed by atoms with Crippen molar-refractivity contribution in [3.63, 3.8) is 0 Å². The van der Waals surface area contributed by atoms with E-state index in [0.717, 1.165) is 50.8 Å². The highest BCUT2D eigenvalue weighted by atomic mass is 32.1. The number of fused-ring (bicyclic) bond motifs is 2. The molecule has 1 unspecified atom stereocenters. The molecular weight excluding hydrogens is 478 g/mol. The predicted octanol–water partition coefficient (Wildman–Crippen LogP) is 3.39. The first-order chi connectivity index (χ1) is 18.1. The smallest absolute Gasteiger partial charge is 0.0938 e. The first kappa shape index (κ1) is 26.1. The van der Waals surface area contributed by atoms with Crippen LogP contribution in [-0.4, -0.2) is 71.9 Å². The Morgan fingerprint density at radius 2 is 1.97 bits per heavy atom. The summed E-state index contributed by atoms with van der Waals surface area (Å²) in [4.78, 5) is 13.0. The first-order valence-corrected chi connectivity index (χ1v) is 14.5. The molecule has 196 valence electrons. The van der Waals surface area contributed by atoms with Gasteiger partial charge in [-0.05, 0) is 41.7 Å². The lowest BCUT2D eigenvalue weighted by Gasteiger charge is -2.43. The number of aryl methyl sites for hydroxylation is 1. The van der Waals surface area contributed by atoms with E-state index in [0.29, 0.717) is 25.2 Å². The summed E-state index contributed by atoms with van der Waals surface area (Å²) >= 11 is 1.97. The summed E-state index contributed by atoms with van der Waals surface area (Å²) in [5.41, 5.74) is 4.08. The van der Waals surface area contributed by atoms with Crippen LogP contribution in [0, 0.1) is 0 Å². The normalized spacial score (nSPS) is 17.9. The van der Waals surface area contributed by atoms with Crippen molar-refractivity contribution in [3.05, 3.63) is 86.2 Å². The first-order valence-electron chi connectivity index (χ1n) is 13.6. The summed E-state index contributed by atoms with van der Waals surface area (Å²) in [6, 6.07) is 17.9.